The van der Waals surface area contributed by atoms with Crippen molar-refractivity contribution >= 4 is 75.7 Å². The average molecular weight is 1100 g/mol. The Labute approximate surface area is 431 Å². The van der Waals surface area contributed by atoms with Crippen molar-refractivity contribution in [3.05, 3.63) is 137 Å². The molecule has 3 amide bonds. The number of hydrogen-bond acceptors (Lipinski definition) is 10. The van der Waals surface area contributed by atoms with Gasteiger partial charge in [-0.25, -0.2) is 18.5 Å². The molecule has 12 nitrogen and oxygen atoms in total. The van der Waals surface area contributed by atoms with E-state index in [0.29, 0.717) is 35.1 Å². The normalized spacial score (nSPS) is 20.1. The van der Waals surface area contributed by atoms with E-state index in [0.717, 1.165) is 42.0 Å². The van der Waals surface area contributed by atoms with Gasteiger partial charge in [0.1, 0.15) is 0 Å². The van der Waals surface area contributed by atoms with E-state index >= 15 is 0 Å². The topological polar surface area (TPSA) is 166 Å². The van der Waals surface area contributed by atoms with Gasteiger partial charge >= 0.3 is 18.4 Å². The van der Waals surface area contributed by atoms with E-state index in [1.165, 1.54) is 36.4 Å². The van der Waals surface area contributed by atoms with Crippen LogP contribution in [-0.2, 0) is 25.6 Å². The van der Waals surface area contributed by atoms with Crippen LogP contribution in [0, 0.1) is 59.0 Å². The van der Waals surface area contributed by atoms with Crippen molar-refractivity contribution in [1.82, 2.24) is 10.2 Å². The van der Waals surface area contributed by atoms with E-state index in [1.54, 1.807) is 20.8 Å². The van der Waals surface area contributed by atoms with Crippen LogP contribution in [-0.4, -0.2) is 66.3 Å². The number of halogens is 12. The first kappa shape index (κ1) is 54.6. The third-order valence-corrected chi connectivity index (χ3v) is 13.9. The fourth-order valence-electron chi connectivity index (χ4n) is 8.02. The first-order valence-corrected chi connectivity index (χ1v) is 23.4. The summed E-state index contributed by atoms with van der Waals surface area (Å²) in [5.41, 5.74) is -6.46. The Hall–Kier alpha value is -6.19. The summed E-state index contributed by atoms with van der Waals surface area (Å²) >= 11 is 22.9. The number of nitriles is 2. The zero-order chi connectivity index (χ0) is 53.6. The first-order valence-electron chi connectivity index (χ1n) is 21.9. The van der Waals surface area contributed by atoms with Crippen molar-refractivity contribution in [3.8, 4) is 12.1 Å². The van der Waals surface area contributed by atoms with Gasteiger partial charge in [-0.1, -0.05) is 68.8 Å². The SMILES string of the molecule is CCOC(=O)N(CC1(C#N)CC1)C(=O)c1ccc(C2=NO[C@@](c3cc(Cl)c(F)c(Cl)c3)(C(F)(F)F)C2)cc1C.Cc1cc(C2=NO[C@@](c3cc(Cl)c(F)c(Cl)c3)(C(F)(F)F)C2)ccc1C(=O)NCC1(C#N)CC1. The first-order chi connectivity index (χ1) is 34.2. The molecule has 73 heavy (non-hydrogen) atoms. The number of imide groups is 1. The number of ether oxygens (including phenoxy) is 1. The summed E-state index contributed by atoms with van der Waals surface area (Å²) in [6.07, 6.45) is -9.74. The van der Waals surface area contributed by atoms with Crippen molar-refractivity contribution in [1.29, 1.82) is 10.5 Å². The molecule has 4 aromatic rings. The highest BCUT2D eigenvalue weighted by Gasteiger charge is 2.64. The van der Waals surface area contributed by atoms with Crippen LogP contribution >= 0.6 is 46.4 Å². The van der Waals surface area contributed by atoms with E-state index < -0.39 is 102 Å². The molecule has 24 heteroatoms. The number of nitrogens with zero attached hydrogens (tertiary/aromatic N) is 5. The number of rotatable bonds is 11. The molecule has 2 aliphatic carbocycles. The number of oxime groups is 2. The zero-order valence-electron chi connectivity index (χ0n) is 38.4. The number of carbonyl (C=O) groups is 3. The van der Waals surface area contributed by atoms with E-state index in [1.807, 2.05) is 0 Å². The Morgan fingerprint density at radius 3 is 1.47 bits per heavy atom. The van der Waals surface area contributed by atoms with Crippen molar-refractivity contribution < 1.29 is 63.9 Å². The molecule has 2 atom stereocenters. The van der Waals surface area contributed by atoms with Gasteiger partial charge in [0, 0.05) is 41.6 Å². The highest BCUT2D eigenvalue weighted by Crippen LogP contribution is 2.52. The Morgan fingerprint density at radius 1 is 0.699 bits per heavy atom. The highest BCUT2D eigenvalue weighted by molar-refractivity contribution is 6.35. The van der Waals surface area contributed by atoms with Gasteiger partial charge in [-0.3, -0.25) is 9.59 Å². The van der Waals surface area contributed by atoms with E-state index in [9.17, 15) is 54.8 Å². The van der Waals surface area contributed by atoms with Crippen molar-refractivity contribution in [2.75, 3.05) is 19.7 Å². The molecule has 2 saturated carbocycles. The van der Waals surface area contributed by atoms with Crippen LogP contribution < -0.4 is 5.32 Å². The van der Waals surface area contributed by atoms with Gasteiger partial charge < -0.3 is 19.7 Å². The van der Waals surface area contributed by atoms with Gasteiger partial charge in [0.15, 0.2) is 11.6 Å². The minimum Gasteiger partial charge on any atom is -0.449 e. The van der Waals surface area contributed by atoms with Gasteiger partial charge in [0.2, 0.25) is 0 Å². The molecule has 0 saturated heterocycles. The number of nitrogens with one attached hydrogen (secondary N) is 1. The summed E-state index contributed by atoms with van der Waals surface area (Å²) in [7, 11) is 0. The standard InChI is InChI=1S/C26H21Cl2F4N3O4.C23H17Cl2F4N3O2/c1-3-38-23(37)35(13-24(12-33)6-7-24)22(36)17-5-4-15(8-14(17)2)20-11-25(39-34-20,26(30,31)32)16-9-18(27)21(29)19(28)10-16;1-12-6-13(2-3-15(12)20(33)31-11-21(10-30)4-5-21)18-9-22(34-32-18,23(27,28)29)14-7-16(24)19(26)17(25)8-14/h4-5,8-10H,3,6-7,11,13H2,1-2H3;2-3,6-8H,4-5,9,11H2,1H3,(H,31,33)/t25-;22-/m00/s1. The van der Waals surface area contributed by atoms with Crippen LogP contribution in [0.3, 0.4) is 0 Å². The molecular formula is C49H38Cl4F8N6O6. The van der Waals surface area contributed by atoms with Crippen LogP contribution in [0.1, 0.15) is 99.5 Å². The second kappa shape index (κ2) is 20.3. The van der Waals surface area contributed by atoms with Crippen LogP contribution in [0.2, 0.25) is 20.1 Å². The number of carbonyl (C=O) groups excluding carboxylic acids is 3. The quantitative estimate of drug-likeness (QED) is 0.114. The Bertz CT molecular complexity index is 3030. The molecular weight excluding hydrogens is 1060 g/mol. The summed E-state index contributed by atoms with van der Waals surface area (Å²) in [5, 5.41) is 26.3. The molecule has 0 radical (unpaired) electrons. The maximum absolute atomic E-state index is 14.3. The smallest absolute Gasteiger partial charge is 0.435 e. The lowest BCUT2D eigenvalue weighted by Crippen LogP contribution is -2.42. The number of aryl methyl sites for hydroxylation is 2. The van der Waals surface area contributed by atoms with Gasteiger partial charge in [-0.05, 0) is 117 Å². The molecule has 0 unspecified atom stereocenters. The van der Waals surface area contributed by atoms with Crippen molar-refractivity contribution in [2.45, 2.75) is 82.9 Å². The minimum atomic E-state index is -4.98. The lowest BCUT2D eigenvalue weighted by atomic mass is 9.86. The fourth-order valence-corrected chi connectivity index (χ4v) is 9.00. The number of benzene rings is 4. The molecule has 2 heterocycles. The fraction of sp³-hybridized carbons (Fsp3) is 0.367. The number of amides is 3. The second-order valence-corrected chi connectivity index (χ2v) is 19.5. The van der Waals surface area contributed by atoms with Crippen LogP contribution in [0.15, 0.2) is 71.0 Å². The maximum atomic E-state index is 14.3. The van der Waals surface area contributed by atoms with Crippen LogP contribution in [0.4, 0.5) is 39.9 Å². The molecule has 384 valence electrons. The minimum absolute atomic E-state index is 0.00892. The molecule has 4 aliphatic rings. The van der Waals surface area contributed by atoms with Gasteiger partial charge in [0.05, 0.1) is 67.6 Å². The predicted octanol–water partition coefficient (Wildman–Crippen LogP) is 13.0. The summed E-state index contributed by atoms with van der Waals surface area (Å²) in [5.74, 6) is -3.18. The predicted molar refractivity (Wildman–Crippen MR) is 250 cm³/mol. The largest absolute Gasteiger partial charge is 0.449 e. The van der Waals surface area contributed by atoms with E-state index in [2.05, 4.69) is 27.8 Å². The van der Waals surface area contributed by atoms with Crippen LogP contribution in [0.5, 0.6) is 0 Å². The summed E-state index contributed by atoms with van der Waals surface area (Å²) < 4.78 is 118. The summed E-state index contributed by atoms with van der Waals surface area (Å²) in [6.45, 7) is 4.88. The molecule has 2 fully saturated rings. The van der Waals surface area contributed by atoms with Crippen molar-refractivity contribution in [2.24, 2.45) is 21.1 Å². The third kappa shape index (κ3) is 10.8. The molecule has 4 aromatic carbocycles. The van der Waals surface area contributed by atoms with Gasteiger partial charge in [-0.15, -0.1) is 0 Å². The molecule has 0 spiro atoms. The summed E-state index contributed by atoms with van der Waals surface area (Å²) in [6, 6.07) is 16.2. The number of hydrogen-bond donors (Lipinski definition) is 1. The number of alkyl halides is 6. The van der Waals surface area contributed by atoms with Crippen molar-refractivity contribution in [3.63, 3.8) is 0 Å². The van der Waals surface area contributed by atoms with E-state index in [-0.39, 0.29) is 48.2 Å². The molecule has 1 N–H and O–H groups in total. The third-order valence-electron chi connectivity index (χ3n) is 12.8. The summed E-state index contributed by atoms with van der Waals surface area (Å²) in [4.78, 5) is 49.1. The maximum Gasteiger partial charge on any atom is 0.435 e. The van der Waals surface area contributed by atoms with Gasteiger partial charge in [0.25, 0.3) is 23.0 Å². The zero-order valence-corrected chi connectivity index (χ0v) is 41.4. The van der Waals surface area contributed by atoms with Crippen LogP contribution in [0.25, 0.3) is 0 Å². The monoisotopic (exact) mass is 1100 g/mol. The molecule has 2 aliphatic heterocycles. The van der Waals surface area contributed by atoms with E-state index in [4.69, 9.17) is 66.1 Å². The Morgan fingerprint density at radius 2 is 1.11 bits per heavy atom. The lowest BCUT2D eigenvalue weighted by molar-refractivity contribution is -0.276. The highest BCUT2D eigenvalue weighted by atomic mass is 35.5. The lowest BCUT2D eigenvalue weighted by Gasteiger charge is -2.29. The second-order valence-electron chi connectivity index (χ2n) is 17.9. The molecule has 0 bridgehead atoms. The average Bonchev–Trinajstić information content (AvgIpc) is 4.19. The van der Waals surface area contributed by atoms with Gasteiger partial charge in [-0.2, -0.15) is 36.9 Å². The molecule has 8 rings (SSSR count). The Kier molecular flexibility index (Phi) is 15.1. The molecule has 0 aromatic heterocycles. The Balaban J connectivity index is 0.000000216.